The summed E-state index contributed by atoms with van der Waals surface area (Å²) in [6, 6.07) is 15.6. The first-order valence-electron chi connectivity index (χ1n) is 7.22. The fourth-order valence-electron chi connectivity index (χ4n) is 2.30. The molecule has 0 saturated heterocycles. The van der Waals surface area contributed by atoms with Gasteiger partial charge in [0.05, 0.1) is 0 Å². The van der Waals surface area contributed by atoms with Gasteiger partial charge < -0.3 is 17.0 Å². The van der Waals surface area contributed by atoms with Crippen LogP contribution in [-0.4, -0.2) is 10.8 Å². The number of rotatable bonds is 4. The highest BCUT2D eigenvalue weighted by Crippen LogP contribution is 2.15. The van der Waals surface area contributed by atoms with Crippen molar-refractivity contribution in [2.75, 3.05) is 0 Å². The molecule has 0 aliphatic carbocycles. The topological polar surface area (TPSA) is 33.8 Å². The zero-order valence-electron chi connectivity index (χ0n) is 12.8. The van der Waals surface area contributed by atoms with Gasteiger partial charge in [-0.2, -0.15) is 4.57 Å². The molecule has 0 N–H and O–H groups in total. The molecule has 0 unspecified atom stereocenters. The number of aromatic nitrogens is 2. The van der Waals surface area contributed by atoms with Crippen molar-refractivity contribution in [2.24, 2.45) is 0 Å². The molecule has 1 aromatic carbocycles. The lowest BCUT2D eigenvalue weighted by Crippen LogP contribution is -3.00. The Labute approximate surface area is 146 Å². The van der Waals surface area contributed by atoms with E-state index in [4.69, 9.17) is 0 Å². The number of halogens is 1. The van der Waals surface area contributed by atoms with Crippen LogP contribution in [0, 0.1) is 6.92 Å². The molecule has 0 atom stereocenters. The molecule has 0 spiro atoms. The SMILES string of the molecule is Cc1ccc(C(=O)C[n+]2ccc(-c3ccncc3)cc2)cc1.[Br-]. The van der Waals surface area contributed by atoms with E-state index in [1.165, 1.54) is 0 Å². The third-order valence-corrected chi connectivity index (χ3v) is 3.60. The Morgan fingerprint density at radius 3 is 2.09 bits per heavy atom. The average molecular weight is 369 g/mol. The van der Waals surface area contributed by atoms with Crippen molar-refractivity contribution in [2.45, 2.75) is 13.5 Å². The maximum Gasteiger partial charge on any atom is 0.227 e. The minimum atomic E-state index is 0. The van der Waals surface area contributed by atoms with E-state index in [0.29, 0.717) is 6.54 Å². The fraction of sp³-hybridized carbons (Fsp3) is 0.105. The summed E-state index contributed by atoms with van der Waals surface area (Å²) in [5, 5.41) is 0. The van der Waals surface area contributed by atoms with Crippen LogP contribution < -0.4 is 21.5 Å². The predicted molar refractivity (Wildman–Crippen MR) is 85.4 cm³/mol. The zero-order chi connectivity index (χ0) is 15.4. The monoisotopic (exact) mass is 368 g/mol. The second-order valence-corrected chi connectivity index (χ2v) is 5.28. The summed E-state index contributed by atoms with van der Waals surface area (Å²) >= 11 is 0. The molecule has 0 amide bonds. The van der Waals surface area contributed by atoms with Gasteiger partial charge in [-0.05, 0) is 30.2 Å². The molecule has 0 fully saturated rings. The molecule has 0 aliphatic rings. The van der Waals surface area contributed by atoms with Crippen molar-refractivity contribution in [3.63, 3.8) is 0 Å². The van der Waals surface area contributed by atoms with E-state index in [9.17, 15) is 4.79 Å². The van der Waals surface area contributed by atoms with Crippen LogP contribution >= 0.6 is 0 Å². The molecule has 0 radical (unpaired) electrons. The molecule has 3 nitrogen and oxygen atoms in total. The van der Waals surface area contributed by atoms with Gasteiger partial charge in [-0.3, -0.25) is 9.78 Å². The fourth-order valence-corrected chi connectivity index (χ4v) is 2.30. The standard InChI is InChI=1S/C19H17N2O.BrH/c1-15-2-4-18(5-3-15)19(22)14-21-12-8-17(9-13-21)16-6-10-20-11-7-16;/h2-13H,14H2,1H3;1H/q+1;/p-1. The maximum absolute atomic E-state index is 12.3. The minimum Gasteiger partial charge on any atom is -1.00 e. The van der Waals surface area contributed by atoms with Crippen molar-refractivity contribution in [1.29, 1.82) is 0 Å². The Morgan fingerprint density at radius 2 is 1.48 bits per heavy atom. The Bertz CT molecular complexity index is 769. The van der Waals surface area contributed by atoms with Crippen LogP contribution in [0.4, 0.5) is 0 Å². The predicted octanol–water partition coefficient (Wildman–Crippen LogP) is 0.231. The highest BCUT2D eigenvalue weighted by molar-refractivity contribution is 5.95. The van der Waals surface area contributed by atoms with E-state index in [1.807, 2.05) is 72.4 Å². The maximum atomic E-state index is 12.3. The van der Waals surface area contributed by atoms with Gasteiger partial charge in [-0.25, -0.2) is 0 Å². The van der Waals surface area contributed by atoms with Crippen molar-refractivity contribution < 1.29 is 26.3 Å². The number of benzene rings is 1. The third kappa shape index (κ3) is 4.33. The van der Waals surface area contributed by atoms with Crippen LogP contribution in [0.25, 0.3) is 11.1 Å². The Kier molecular flexibility index (Phi) is 5.77. The Hall–Kier alpha value is -2.33. The number of nitrogens with zero attached hydrogens (tertiary/aromatic N) is 2. The van der Waals surface area contributed by atoms with Gasteiger partial charge in [0.15, 0.2) is 12.4 Å². The lowest BCUT2D eigenvalue weighted by Gasteiger charge is -2.01. The molecule has 3 rings (SSSR count). The first-order chi connectivity index (χ1) is 10.7. The normalized spacial score (nSPS) is 9.96. The summed E-state index contributed by atoms with van der Waals surface area (Å²) in [4.78, 5) is 16.3. The number of aryl methyl sites for hydroxylation is 1. The minimum absolute atomic E-state index is 0. The van der Waals surface area contributed by atoms with Crippen molar-refractivity contribution in [1.82, 2.24) is 4.98 Å². The molecule has 0 saturated carbocycles. The molecule has 116 valence electrons. The molecule has 0 bridgehead atoms. The lowest BCUT2D eigenvalue weighted by molar-refractivity contribution is -0.683. The van der Waals surface area contributed by atoms with Crippen LogP contribution in [0.2, 0.25) is 0 Å². The highest BCUT2D eigenvalue weighted by Gasteiger charge is 2.12. The molecule has 2 heterocycles. The van der Waals surface area contributed by atoms with E-state index in [-0.39, 0.29) is 22.8 Å². The number of hydrogen-bond acceptors (Lipinski definition) is 2. The zero-order valence-corrected chi connectivity index (χ0v) is 14.4. The van der Waals surface area contributed by atoms with E-state index in [1.54, 1.807) is 12.4 Å². The molecule has 3 aromatic rings. The van der Waals surface area contributed by atoms with Crippen molar-refractivity contribution >= 4 is 5.78 Å². The van der Waals surface area contributed by atoms with Crippen molar-refractivity contribution in [3.8, 4) is 11.1 Å². The smallest absolute Gasteiger partial charge is 0.227 e. The summed E-state index contributed by atoms with van der Waals surface area (Å²) in [5.74, 6) is 0.113. The van der Waals surface area contributed by atoms with E-state index < -0.39 is 0 Å². The number of carbonyl (C=O) groups excluding carboxylic acids is 1. The summed E-state index contributed by atoms with van der Waals surface area (Å²) in [7, 11) is 0. The molecule has 0 aliphatic heterocycles. The van der Waals surface area contributed by atoms with Crippen LogP contribution in [0.1, 0.15) is 15.9 Å². The Balaban J connectivity index is 0.00000192. The van der Waals surface area contributed by atoms with Gasteiger partial charge >= 0.3 is 0 Å². The molecule has 2 aromatic heterocycles. The van der Waals surface area contributed by atoms with Gasteiger partial charge in [0.25, 0.3) is 0 Å². The quantitative estimate of drug-likeness (QED) is 0.488. The molecule has 4 heteroatoms. The molecule has 23 heavy (non-hydrogen) atoms. The van der Waals surface area contributed by atoms with Crippen molar-refractivity contribution in [3.05, 3.63) is 84.4 Å². The second-order valence-electron chi connectivity index (χ2n) is 5.28. The van der Waals surface area contributed by atoms with Gasteiger partial charge in [0.1, 0.15) is 0 Å². The van der Waals surface area contributed by atoms with Gasteiger partial charge in [-0.1, -0.05) is 29.8 Å². The number of carbonyl (C=O) groups is 1. The van der Waals surface area contributed by atoms with Crippen LogP contribution in [0.15, 0.2) is 73.3 Å². The molecular weight excluding hydrogens is 352 g/mol. The largest absolute Gasteiger partial charge is 1.00 e. The average Bonchev–Trinajstić information content (AvgIpc) is 2.57. The van der Waals surface area contributed by atoms with Gasteiger partial charge in [0.2, 0.25) is 12.3 Å². The van der Waals surface area contributed by atoms with E-state index in [0.717, 1.165) is 22.3 Å². The third-order valence-electron chi connectivity index (χ3n) is 3.60. The van der Waals surface area contributed by atoms with Crippen LogP contribution in [0.5, 0.6) is 0 Å². The van der Waals surface area contributed by atoms with E-state index >= 15 is 0 Å². The first kappa shape index (κ1) is 17.0. The van der Waals surface area contributed by atoms with E-state index in [2.05, 4.69) is 4.98 Å². The van der Waals surface area contributed by atoms with Crippen LogP contribution in [0.3, 0.4) is 0 Å². The van der Waals surface area contributed by atoms with Gasteiger partial charge in [-0.15, -0.1) is 0 Å². The summed E-state index contributed by atoms with van der Waals surface area (Å²) in [6.07, 6.45) is 7.41. The lowest BCUT2D eigenvalue weighted by atomic mass is 10.1. The second kappa shape index (κ2) is 7.79. The van der Waals surface area contributed by atoms with Gasteiger partial charge in [0, 0.05) is 30.1 Å². The number of ketones is 1. The van der Waals surface area contributed by atoms with Crippen LogP contribution in [-0.2, 0) is 6.54 Å². The summed E-state index contributed by atoms with van der Waals surface area (Å²) in [6.45, 7) is 2.36. The first-order valence-corrected chi connectivity index (χ1v) is 7.22. The number of hydrogen-bond donors (Lipinski definition) is 0. The summed E-state index contributed by atoms with van der Waals surface area (Å²) in [5.41, 5.74) is 4.13. The molecular formula is C19H17BrN2O. The highest BCUT2D eigenvalue weighted by atomic mass is 79.9. The Morgan fingerprint density at radius 1 is 0.913 bits per heavy atom. The summed E-state index contributed by atoms with van der Waals surface area (Å²) < 4.78 is 1.90. The number of Topliss-reactive ketones (excluding diaryl/α,β-unsaturated/α-hetero) is 1. The number of pyridine rings is 2.